The van der Waals surface area contributed by atoms with Crippen molar-refractivity contribution in [1.29, 1.82) is 0 Å². The van der Waals surface area contributed by atoms with Crippen molar-refractivity contribution < 1.29 is 13.5 Å². The van der Waals surface area contributed by atoms with Crippen molar-refractivity contribution in [3.05, 3.63) is 24.5 Å². The summed E-state index contributed by atoms with van der Waals surface area (Å²) < 4.78 is 28.7. The van der Waals surface area contributed by atoms with E-state index in [2.05, 4.69) is 31.8 Å². The van der Waals surface area contributed by atoms with Crippen LogP contribution in [0, 0.1) is 23.7 Å². The zero-order chi connectivity index (χ0) is 13.7. The van der Waals surface area contributed by atoms with Crippen LogP contribution in [0.25, 0.3) is 0 Å². The summed E-state index contributed by atoms with van der Waals surface area (Å²) in [6.45, 7) is -0.996. The predicted octanol–water partition coefficient (Wildman–Crippen LogP) is 2.34. The molecule has 6 heteroatoms. The Morgan fingerprint density at radius 1 is 1.15 bits per heavy atom. The Bertz CT molecular complexity index is 531. The third-order valence-electron chi connectivity index (χ3n) is 4.80. The van der Waals surface area contributed by atoms with Gasteiger partial charge >= 0.3 is 6.61 Å². The van der Waals surface area contributed by atoms with E-state index < -0.39 is 6.61 Å². The second-order valence-electron chi connectivity index (χ2n) is 5.78. The molecule has 4 nitrogen and oxygen atoms in total. The molecule has 0 radical (unpaired) electrons. The molecule has 0 spiro atoms. The normalized spacial score (nSPS) is 34.0. The molecule has 1 saturated heterocycles. The van der Waals surface area contributed by atoms with Crippen LogP contribution in [0.5, 0.6) is 5.88 Å². The number of rotatable bonds is 3. The minimum atomic E-state index is -2.86. The van der Waals surface area contributed by atoms with Gasteiger partial charge in [0.25, 0.3) is 0 Å². The third kappa shape index (κ3) is 1.85. The lowest BCUT2D eigenvalue weighted by molar-refractivity contribution is -0.0530. The maximum atomic E-state index is 12.2. The van der Waals surface area contributed by atoms with Gasteiger partial charge in [-0.25, -0.2) is 0 Å². The Labute approximate surface area is 115 Å². The molecule has 106 valence electrons. The Hall–Kier alpha value is -1.72. The molecule has 0 N–H and O–H groups in total. The molecule has 4 rings (SSSR count). The van der Waals surface area contributed by atoms with E-state index in [4.69, 9.17) is 0 Å². The highest BCUT2D eigenvalue weighted by molar-refractivity contribution is 5.41. The predicted molar refractivity (Wildman–Crippen MR) is 68.6 cm³/mol. The number of nitrogens with zero attached hydrogens (tertiary/aromatic N) is 3. The lowest BCUT2D eigenvalue weighted by Gasteiger charge is -2.19. The van der Waals surface area contributed by atoms with E-state index >= 15 is 0 Å². The van der Waals surface area contributed by atoms with Crippen molar-refractivity contribution in [3.63, 3.8) is 0 Å². The second-order valence-corrected chi connectivity index (χ2v) is 5.78. The van der Waals surface area contributed by atoms with E-state index in [1.807, 2.05) is 0 Å². The fourth-order valence-electron chi connectivity index (χ4n) is 3.98. The summed E-state index contributed by atoms with van der Waals surface area (Å²) in [5, 5.41) is 0. The lowest BCUT2D eigenvalue weighted by atomic mass is 9.86. The number of ether oxygens (including phenoxy) is 1. The van der Waals surface area contributed by atoms with Gasteiger partial charge in [0.05, 0.1) is 12.4 Å². The van der Waals surface area contributed by atoms with Crippen LogP contribution >= 0.6 is 0 Å². The standard InChI is InChI=1S/C14H15F2N3O/c15-14(16)20-13-5-17-4-12(18-13)19-6-10-8-1-2-9(3-8)11(10)7-19/h1-2,4-5,8-11,14H,3,6-7H2/t8?,9?,10-,11+. The molecule has 2 heterocycles. The maximum absolute atomic E-state index is 12.2. The van der Waals surface area contributed by atoms with E-state index in [9.17, 15) is 8.78 Å². The summed E-state index contributed by atoms with van der Waals surface area (Å²) in [7, 11) is 0. The first-order valence-electron chi connectivity index (χ1n) is 6.91. The van der Waals surface area contributed by atoms with Crippen LogP contribution in [0.4, 0.5) is 14.6 Å². The first kappa shape index (κ1) is 12.1. The van der Waals surface area contributed by atoms with Gasteiger partial charge in [0, 0.05) is 13.1 Å². The molecule has 1 aliphatic heterocycles. The Morgan fingerprint density at radius 2 is 1.85 bits per heavy atom. The number of allylic oxidation sites excluding steroid dienone is 2. The van der Waals surface area contributed by atoms with Gasteiger partial charge in [0.1, 0.15) is 0 Å². The zero-order valence-electron chi connectivity index (χ0n) is 10.8. The molecule has 3 aliphatic rings. The van der Waals surface area contributed by atoms with Gasteiger partial charge in [-0.2, -0.15) is 13.8 Å². The molecule has 2 fully saturated rings. The summed E-state index contributed by atoms with van der Waals surface area (Å²) in [5.41, 5.74) is 0. The van der Waals surface area contributed by atoms with E-state index in [1.54, 1.807) is 6.20 Å². The summed E-state index contributed by atoms with van der Waals surface area (Å²) in [5.74, 6) is 3.23. The van der Waals surface area contributed by atoms with Gasteiger partial charge in [-0.3, -0.25) is 4.98 Å². The number of hydrogen-bond donors (Lipinski definition) is 0. The van der Waals surface area contributed by atoms with Crippen molar-refractivity contribution >= 4 is 5.82 Å². The SMILES string of the molecule is FC(F)Oc1cncc(N2C[C@@H]3C4C=CC(C4)[C@@H]3C2)n1. The molecule has 20 heavy (non-hydrogen) atoms. The minimum absolute atomic E-state index is 0.115. The average molecular weight is 279 g/mol. The maximum Gasteiger partial charge on any atom is 0.388 e. The highest BCUT2D eigenvalue weighted by Crippen LogP contribution is 2.51. The summed E-state index contributed by atoms with van der Waals surface area (Å²) in [6, 6.07) is 0. The molecular formula is C14H15F2N3O. The molecule has 0 amide bonds. The van der Waals surface area contributed by atoms with Crippen molar-refractivity contribution in [2.24, 2.45) is 23.7 Å². The molecule has 1 saturated carbocycles. The average Bonchev–Trinajstić information content (AvgIpc) is 3.11. The van der Waals surface area contributed by atoms with E-state index in [0.717, 1.165) is 13.1 Å². The molecular weight excluding hydrogens is 264 g/mol. The first-order valence-corrected chi connectivity index (χ1v) is 6.91. The molecule has 4 atom stereocenters. The van der Waals surface area contributed by atoms with Gasteiger partial charge in [0.2, 0.25) is 5.88 Å². The van der Waals surface area contributed by atoms with Crippen LogP contribution in [0.15, 0.2) is 24.5 Å². The summed E-state index contributed by atoms with van der Waals surface area (Å²) in [4.78, 5) is 10.2. The largest absolute Gasteiger partial charge is 0.415 e. The van der Waals surface area contributed by atoms with Crippen molar-refractivity contribution in [1.82, 2.24) is 9.97 Å². The van der Waals surface area contributed by atoms with Crippen LogP contribution in [0.3, 0.4) is 0 Å². The number of aromatic nitrogens is 2. The number of hydrogen-bond acceptors (Lipinski definition) is 4. The minimum Gasteiger partial charge on any atom is -0.415 e. The van der Waals surface area contributed by atoms with E-state index in [1.165, 1.54) is 12.6 Å². The first-order chi connectivity index (χ1) is 9.70. The summed E-state index contributed by atoms with van der Waals surface area (Å²) in [6.07, 6.45) is 8.78. The third-order valence-corrected chi connectivity index (χ3v) is 4.80. The van der Waals surface area contributed by atoms with Crippen molar-refractivity contribution in [2.45, 2.75) is 13.0 Å². The Morgan fingerprint density at radius 3 is 2.50 bits per heavy atom. The Kier molecular flexibility index (Phi) is 2.65. The number of halogens is 2. The molecule has 2 unspecified atom stereocenters. The quantitative estimate of drug-likeness (QED) is 0.796. The van der Waals surface area contributed by atoms with E-state index in [-0.39, 0.29) is 5.88 Å². The van der Waals surface area contributed by atoms with Crippen LogP contribution in [-0.4, -0.2) is 29.7 Å². The van der Waals surface area contributed by atoms with Gasteiger partial charge in [0.15, 0.2) is 5.82 Å². The highest BCUT2D eigenvalue weighted by Gasteiger charge is 2.49. The Balaban J connectivity index is 1.52. The smallest absolute Gasteiger partial charge is 0.388 e. The number of anilines is 1. The fourth-order valence-corrected chi connectivity index (χ4v) is 3.98. The van der Waals surface area contributed by atoms with Crippen molar-refractivity contribution in [2.75, 3.05) is 18.0 Å². The van der Waals surface area contributed by atoms with E-state index in [0.29, 0.717) is 29.5 Å². The van der Waals surface area contributed by atoms with Crippen LogP contribution in [-0.2, 0) is 0 Å². The number of alkyl halides is 2. The van der Waals surface area contributed by atoms with Crippen molar-refractivity contribution in [3.8, 4) is 5.88 Å². The molecule has 1 aromatic rings. The van der Waals surface area contributed by atoms with Gasteiger partial charge in [-0.15, -0.1) is 0 Å². The highest BCUT2D eigenvalue weighted by atomic mass is 19.3. The van der Waals surface area contributed by atoms with Crippen LogP contribution < -0.4 is 9.64 Å². The van der Waals surface area contributed by atoms with Crippen LogP contribution in [0.2, 0.25) is 0 Å². The molecule has 0 aromatic carbocycles. The molecule has 2 aliphatic carbocycles. The zero-order valence-corrected chi connectivity index (χ0v) is 10.8. The molecule has 2 bridgehead atoms. The van der Waals surface area contributed by atoms with Gasteiger partial charge < -0.3 is 9.64 Å². The number of fused-ring (bicyclic) bond motifs is 5. The fraction of sp³-hybridized carbons (Fsp3) is 0.571. The molecule has 1 aromatic heterocycles. The van der Waals surface area contributed by atoms with Gasteiger partial charge in [-0.05, 0) is 30.1 Å². The summed E-state index contributed by atoms with van der Waals surface area (Å²) >= 11 is 0. The lowest BCUT2D eigenvalue weighted by Crippen LogP contribution is -2.23. The second kappa shape index (κ2) is 4.40. The van der Waals surface area contributed by atoms with Gasteiger partial charge in [-0.1, -0.05) is 12.2 Å². The van der Waals surface area contributed by atoms with Crippen LogP contribution in [0.1, 0.15) is 6.42 Å². The topological polar surface area (TPSA) is 38.2 Å². The monoisotopic (exact) mass is 279 g/mol.